The molecule has 86 valence electrons. The Kier molecular flexibility index (Phi) is 1.90. The average Bonchev–Trinajstić information content (AvgIpc) is 2.98. The predicted octanol–water partition coefficient (Wildman–Crippen LogP) is 0.767. The van der Waals surface area contributed by atoms with Crippen molar-refractivity contribution in [2.75, 3.05) is 13.1 Å². The Labute approximate surface area is 95.4 Å². The smallest absolute Gasteiger partial charge is 0.0658 e. The van der Waals surface area contributed by atoms with Crippen molar-refractivity contribution in [1.29, 1.82) is 0 Å². The van der Waals surface area contributed by atoms with Gasteiger partial charge in [-0.1, -0.05) is 0 Å². The van der Waals surface area contributed by atoms with E-state index in [1.54, 1.807) is 0 Å². The molecule has 3 aliphatic rings. The van der Waals surface area contributed by atoms with Gasteiger partial charge in [-0.25, -0.2) is 0 Å². The van der Waals surface area contributed by atoms with Gasteiger partial charge >= 0.3 is 0 Å². The standard InChI is InChI=1S/C12H18N4/c1-2-11-10-7-14-16(9-3-4-13-6-9)12(10)5-8(1)15-11/h7-9,11,13,15H,1-6H2. The van der Waals surface area contributed by atoms with Gasteiger partial charge in [0.05, 0.1) is 12.2 Å². The van der Waals surface area contributed by atoms with Gasteiger partial charge in [-0.15, -0.1) is 0 Å². The highest BCUT2D eigenvalue weighted by Gasteiger charge is 2.35. The molecule has 0 radical (unpaired) electrons. The zero-order valence-electron chi connectivity index (χ0n) is 9.45. The van der Waals surface area contributed by atoms with E-state index in [2.05, 4.69) is 26.6 Å². The molecule has 3 unspecified atom stereocenters. The first-order valence-corrected chi connectivity index (χ1v) is 6.45. The van der Waals surface area contributed by atoms with E-state index in [0.29, 0.717) is 18.1 Å². The lowest BCUT2D eigenvalue weighted by Crippen LogP contribution is -2.33. The summed E-state index contributed by atoms with van der Waals surface area (Å²) in [6.45, 7) is 2.24. The zero-order valence-corrected chi connectivity index (χ0v) is 9.45. The van der Waals surface area contributed by atoms with Gasteiger partial charge in [0.25, 0.3) is 0 Å². The van der Waals surface area contributed by atoms with Crippen molar-refractivity contribution in [2.24, 2.45) is 0 Å². The second kappa shape index (κ2) is 3.31. The number of nitrogens with one attached hydrogen (secondary N) is 2. The van der Waals surface area contributed by atoms with Crippen LogP contribution in [-0.4, -0.2) is 28.9 Å². The molecule has 1 aromatic rings. The maximum absolute atomic E-state index is 4.64. The topological polar surface area (TPSA) is 41.9 Å². The maximum atomic E-state index is 4.64. The van der Waals surface area contributed by atoms with E-state index in [9.17, 15) is 0 Å². The Morgan fingerprint density at radius 1 is 1.31 bits per heavy atom. The lowest BCUT2D eigenvalue weighted by atomic mass is 10.0. The minimum Gasteiger partial charge on any atom is -0.315 e. The van der Waals surface area contributed by atoms with Gasteiger partial charge in [0.2, 0.25) is 0 Å². The molecule has 0 saturated carbocycles. The first kappa shape index (κ1) is 9.19. The van der Waals surface area contributed by atoms with Crippen LogP contribution in [0.15, 0.2) is 6.20 Å². The lowest BCUT2D eigenvalue weighted by molar-refractivity contribution is 0.437. The summed E-state index contributed by atoms with van der Waals surface area (Å²) in [4.78, 5) is 0. The van der Waals surface area contributed by atoms with Gasteiger partial charge in [0.15, 0.2) is 0 Å². The Hall–Kier alpha value is -0.870. The van der Waals surface area contributed by atoms with Crippen molar-refractivity contribution in [2.45, 2.75) is 43.8 Å². The molecule has 16 heavy (non-hydrogen) atoms. The van der Waals surface area contributed by atoms with Crippen molar-refractivity contribution in [1.82, 2.24) is 20.4 Å². The average molecular weight is 218 g/mol. The molecule has 3 atom stereocenters. The van der Waals surface area contributed by atoms with Crippen LogP contribution in [0.1, 0.15) is 42.6 Å². The van der Waals surface area contributed by atoms with E-state index >= 15 is 0 Å². The molecule has 1 aromatic heterocycles. The molecule has 4 heteroatoms. The predicted molar refractivity (Wildman–Crippen MR) is 61.4 cm³/mol. The zero-order chi connectivity index (χ0) is 10.5. The molecule has 0 spiro atoms. The normalized spacial score (nSPS) is 36.6. The number of hydrogen-bond acceptors (Lipinski definition) is 3. The summed E-state index contributed by atoms with van der Waals surface area (Å²) in [7, 11) is 0. The summed E-state index contributed by atoms with van der Waals surface area (Å²) < 4.78 is 2.31. The molecule has 2 bridgehead atoms. The van der Waals surface area contributed by atoms with Crippen LogP contribution in [0.4, 0.5) is 0 Å². The van der Waals surface area contributed by atoms with Crippen LogP contribution >= 0.6 is 0 Å². The molecule has 0 aliphatic carbocycles. The van der Waals surface area contributed by atoms with Crippen LogP contribution in [0.5, 0.6) is 0 Å². The Bertz CT molecular complexity index is 405. The van der Waals surface area contributed by atoms with Gasteiger partial charge in [-0.2, -0.15) is 5.10 Å². The highest BCUT2D eigenvalue weighted by Crippen LogP contribution is 2.36. The summed E-state index contributed by atoms with van der Waals surface area (Å²) in [5, 5.41) is 11.7. The van der Waals surface area contributed by atoms with Gasteiger partial charge in [0, 0.05) is 36.3 Å². The number of fused-ring (bicyclic) bond motifs is 4. The van der Waals surface area contributed by atoms with Gasteiger partial charge in [0.1, 0.15) is 0 Å². The van der Waals surface area contributed by atoms with E-state index in [1.807, 2.05) is 0 Å². The quantitative estimate of drug-likeness (QED) is 0.731. The van der Waals surface area contributed by atoms with Gasteiger partial charge in [-0.3, -0.25) is 4.68 Å². The van der Waals surface area contributed by atoms with Crippen LogP contribution in [0.2, 0.25) is 0 Å². The molecule has 0 aromatic carbocycles. The fourth-order valence-electron chi connectivity index (χ4n) is 3.52. The molecular weight excluding hydrogens is 200 g/mol. The van der Waals surface area contributed by atoms with E-state index in [1.165, 1.54) is 36.9 Å². The van der Waals surface area contributed by atoms with Crippen LogP contribution in [0, 0.1) is 0 Å². The van der Waals surface area contributed by atoms with Crippen LogP contribution < -0.4 is 10.6 Å². The van der Waals surface area contributed by atoms with E-state index in [0.717, 1.165) is 13.1 Å². The first-order valence-electron chi connectivity index (χ1n) is 6.45. The van der Waals surface area contributed by atoms with E-state index in [4.69, 9.17) is 0 Å². The first-order chi connectivity index (χ1) is 7.92. The largest absolute Gasteiger partial charge is 0.315 e. The molecule has 3 aliphatic heterocycles. The molecule has 2 N–H and O–H groups in total. The summed E-state index contributed by atoms with van der Waals surface area (Å²) in [5.74, 6) is 0. The third-order valence-corrected chi connectivity index (χ3v) is 4.37. The van der Waals surface area contributed by atoms with E-state index < -0.39 is 0 Å². The highest BCUT2D eigenvalue weighted by molar-refractivity contribution is 5.29. The molecule has 4 nitrogen and oxygen atoms in total. The van der Waals surface area contributed by atoms with Crippen molar-refractivity contribution >= 4 is 0 Å². The third-order valence-electron chi connectivity index (χ3n) is 4.37. The number of rotatable bonds is 1. The highest BCUT2D eigenvalue weighted by atomic mass is 15.3. The third kappa shape index (κ3) is 1.20. The fraction of sp³-hybridized carbons (Fsp3) is 0.750. The Balaban J connectivity index is 1.74. The van der Waals surface area contributed by atoms with Crippen LogP contribution in [0.3, 0.4) is 0 Å². The van der Waals surface area contributed by atoms with Crippen LogP contribution in [-0.2, 0) is 6.42 Å². The number of nitrogens with zero attached hydrogens (tertiary/aromatic N) is 2. The maximum Gasteiger partial charge on any atom is 0.0658 e. The monoisotopic (exact) mass is 218 g/mol. The van der Waals surface area contributed by atoms with Gasteiger partial charge in [-0.05, 0) is 25.8 Å². The van der Waals surface area contributed by atoms with Crippen molar-refractivity contribution in [3.8, 4) is 0 Å². The summed E-state index contributed by atoms with van der Waals surface area (Å²) in [6, 6.07) is 1.90. The van der Waals surface area contributed by atoms with Crippen molar-refractivity contribution in [3.63, 3.8) is 0 Å². The molecule has 2 saturated heterocycles. The minimum atomic E-state index is 0.594. The molecule has 0 amide bonds. The fourth-order valence-corrected chi connectivity index (χ4v) is 3.52. The SMILES string of the molecule is c1nn(C2CCNC2)c2c1C1CCC(C2)N1. The second-order valence-electron chi connectivity index (χ2n) is 5.34. The molecule has 4 rings (SSSR count). The van der Waals surface area contributed by atoms with E-state index in [-0.39, 0.29) is 0 Å². The summed E-state index contributed by atoms with van der Waals surface area (Å²) in [6.07, 6.45) is 7.15. The number of aromatic nitrogens is 2. The molecule has 4 heterocycles. The van der Waals surface area contributed by atoms with Gasteiger partial charge < -0.3 is 10.6 Å². The van der Waals surface area contributed by atoms with Crippen molar-refractivity contribution in [3.05, 3.63) is 17.5 Å². The lowest BCUT2D eigenvalue weighted by Gasteiger charge is -2.24. The Morgan fingerprint density at radius 3 is 3.19 bits per heavy atom. The molecule has 2 fully saturated rings. The minimum absolute atomic E-state index is 0.594. The Morgan fingerprint density at radius 2 is 2.31 bits per heavy atom. The van der Waals surface area contributed by atoms with Crippen molar-refractivity contribution < 1.29 is 0 Å². The second-order valence-corrected chi connectivity index (χ2v) is 5.34. The van der Waals surface area contributed by atoms with Crippen LogP contribution in [0.25, 0.3) is 0 Å². The summed E-state index contributed by atoms with van der Waals surface area (Å²) >= 11 is 0. The molecular formula is C12H18N4. The summed E-state index contributed by atoms with van der Waals surface area (Å²) in [5.41, 5.74) is 2.99. The number of hydrogen-bond donors (Lipinski definition) is 2.